The van der Waals surface area contributed by atoms with Gasteiger partial charge >= 0.3 is 0 Å². The van der Waals surface area contributed by atoms with Gasteiger partial charge in [-0.3, -0.25) is 4.90 Å². The van der Waals surface area contributed by atoms with Crippen molar-refractivity contribution in [1.29, 1.82) is 0 Å². The fourth-order valence-electron chi connectivity index (χ4n) is 2.97. The lowest BCUT2D eigenvalue weighted by Gasteiger charge is -2.32. The average molecular weight is 240 g/mol. The van der Waals surface area contributed by atoms with Crippen LogP contribution >= 0.6 is 0 Å². The Balaban J connectivity index is 2.38. The van der Waals surface area contributed by atoms with E-state index < -0.39 is 0 Å². The molecule has 0 spiro atoms. The maximum absolute atomic E-state index is 6.26. The molecule has 0 saturated heterocycles. The van der Waals surface area contributed by atoms with E-state index in [1.54, 1.807) is 0 Å². The van der Waals surface area contributed by atoms with Crippen molar-refractivity contribution < 1.29 is 0 Å². The molecule has 0 amide bonds. The second-order valence-electron chi connectivity index (χ2n) is 6.19. The van der Waals surface area contributed by atoms with Crippen molar-refractivity contribution in [2.45, 2.75) is 77.8 Å². The fraction of sp³-hybridized carbons (Fsp3) is 1.00. The van der Waals surface area contributed by atoms with Gasteiger partial charge in [0.2, 0.25) is 0 Å². The molecule has 0 bridgehead atoms. The Kier molecular flexibility index (Phi) is 7.14. The molecule has 0 aliphatic heterocycles. The van der Waals surface area contributed by atoms with Gasteiger partial charge in [-0.2, -0.15) is 0 Å². The quantitative estimate of drug-likeness (QED) is 0.704. The summed E-state index contributed by atoms with van der Waals surface area (Å²) in [7, 11) is 0. The summed E-state index contributed by atoms with van der Waals surface area (Å²) in [5, 5.41) is 0. The molecular formula is C15H32N2. The number of hydrogen-bond acceptors (Lipinski definition) is 2. The van der Waals surface area contributed by atoms with Gasteiger partial charge in [-0.15, -0.1) is 0 Å². The Morgan fingerprint density at radius 1 is 1.18 bits per heavy atom. The van der Waals surface area contributed by atoms with Crippen LogP contribution in [0, 0.1) is 5.92 Å². The summed E-state index contributed by atoms with van der Waals surface area (Å²) in [6.45, 7) is 9.22. The topological polar surface area (TPSA) is 29.3 Å². The zero-order valence-electron chi connectivity index (χ0n) is 12.1. The molecule has 0 aromatic rings. The Morgan fingerprint density at radius 2 is 1.82 bits per heavy atom. The first-order chi connectivity index (χ1) is 8.13. The van der Waals surface area contributed by atoms with Gasteiger partial charge in [0.1, 0.15) is 0 Å². The number of nitrogens with two attached hydrogens (primary N) is 1. The standard InChI is InChI=1S/C15H32N2/c1-4-5-8-14(16)12-17(11-13(2)3)15-9-6-7-10-15/h13-15H,4-12,16H2,1-3H3. The summed E-state index contributed by atoms with van der Waals surface area (Å²) in [4.78, 5) is 2.68. The number of hydrogen-bond donors (Lipinski definition) is 1. The van der Waals surface area contributed by atoms with E-state index in [1.807, 2.05) is 0 Å². The molecule has 102 valence electrons. The third-order valence-electron chi connectivity index (χ3n) is 3.84. The van der Waals surface area contributed by atoms with E-state index >= 15 is 0 Å². The van der Waals surface area contributed by atoms with Crippen molar-refractivity contribution in [2.75, 3.05) is 13.1 Å². The molecule has 2 nitrogen and oxygen atoms in total. The lowest BCUT2D eigenvalue weighted by molar-refractivity contribution is 0.164. The predicted molar refractivity (Wildman–Crippen MR) is 76.2 cm³/mol. The first-order valence-corrected chi connectivity index (χ1v) is 7.63. The van der Waals surface area contributed by atoms with Crippen LogP contribution in [0.5, 0.6) is 0 Å². The molecule has 2 heteroatoms. The molecule has 17 heavy (non-hydrogen) atoms. The van der Waals surface area contributed by atoms with Crippen molar-refractivity contribution in [3.05, 3.63) is 0 Å². The summed E-state index contributed by atoms with van der Waals surface area (Å²) in [6.07, 6.45) is 9.37. The van der Waals surface area contributed by atoms with E-state index in [-0.39, 0.29) is 0 Å². The number of unbranched alkanes of at least 4 members (excludes halogenated alkanes) is 1. The molecule has 1 aliphatic rings. The van der Waals surface area contributed by atoms with Gasteiger partial charge < -0.3 is 5.73 Å². The highest BCUT2D eigenvalue weighted by atomic mass is 15.2. The molecule has 0 aromatic carbocycles. The third kappa shape index (κ3) is 5.87. The minimum absolute atomic E-state index is 0.384. The highest BCUT2D eigenvalue weighted by Gasteiger charge is 2.24. The Hall–Kier alpha value is -0.0800. The van der Waals surface area contributed by atoms with E-state index in [0.29, 0.717) is 6.04 Å². The SMILES string of the molecule is CCCCC(N)CN(CC(C)C)C1CCCC1. The highest BCUT2D eigenvalue weighted by molar-refractivity contribution is 4.80. The van der Waals surface area contributed by atoms with Gasteiger partial charge in [-0.05, 0) is 25.2 Å². The van der Waals surface area contributed by atoms with Gasteiger partial charge in [0.05, 0.1) is 0 Å². The second-order valence-corrected chi connectivity index (χ2v) is 6.19. The van der Waals surface area contributed by atoms with E-state index in [1.165, 1.54) is 51.5 Å². The van der Waals surface area contributed by atoms with Crippen LogP contribution in [-0.2, 0) is 0 Å². The number of rotatable bonds is 8. The fourth-order valence-corrected chi connectivity index (χ4v) is 2.97. The van der Waals surface area contributed by atoms with Gasteiger partial charge in [0.15, 0.2) is 0 Å². The summed E-state index contributed by atoms with van der Waals surface area (Å²) in [5.74, 6) is 0.758. The highest BCUT2D eigenvalue weighted by Crippen LogP contribution is 2.24. The maximum atomic E-state index is 6.26. The molecular weight excluding hydrogens is 208 g/mol. The summed E-state index contributed by atoms with van der Waals surface area (Å²) >= 11 is 0. The second kappa shape index (κ2) is 8.10. The molecule has 1 saturated carbocycles. The first-order valence-electron chi connectivity index (χ1n) is 7.63. The summed E-state index contributed by atoms with van der Waals surface area (Å²) in [5.41, 5.74) is 6.26. The maximum Gasteiger partial charge on any atom is 0.0167 e. The van der Waals surface area contributed by atoms with Crippen molar-refractivity contribution in [3.8, 4) is 0 Å². The molecule has 0 aromatic heterocycles. The molecule has 1 atom stereocenters. The molecule has 1 unspecified atom stereocenters. The smallest absolute Gasteiger partial charge is 0.0167 e. The first kappa shape index (κ1) is 15.0. The van der Waals surface area contributed by atoms with Crippen LogP contribution in [0.15, 0.2) is 0 Å². The van der Waals surface area contributed by atoms with Crippen molar-refractivity contribution in [2.24, 2.45) is 11.7 Å². The van der Waals surface area contributed by atoms with E-state index in [2.05, 4.69) is 25.7 Å². The average Bonchev–Trinajstić information content (AvgIpc) is 2.78. The summed E-state index contributed by atoms with van der Waals surface area (Å²) in [6, 6.07) is 1.21. The van der Waals surface area contributed by atoms with Crippen molar-refractivity contribution in [3.63, 3.8) is 0 Å². The Bertz CT molecular complexity index is 185. The Morgan fingerprint density at radius 3 is 2.35 bits per heavy atom. The lowest BCUT2D eigenvalue weighted by Crippen LogP contribution is -2.44. The monoisotopic (exact) mass is 240 g/mol. The lowest BCUT2D eigenvalue weighted by atomic mass is 10.1. The molecule has 2 N–H and O–H groups in total. The molecule has 0 heterocycles. The molecule has 0 radical (unpaired) electrons. The van der Waals surface area contributed by atoms with E-state index in [9.17, 15) is 0 Å². The molecule has 1 fully saturated rings. The summed E-state index contributed by atoms with van der Waals surface area (Å²) < 4.78 is 0. The van der Waals surface area contributed by atoms with Crippen LogP contribution in [0.25, 0.3) is 0 Å². The van der Waals surface area contributed by atoms with Crippen LogP contribution in [-0.4, -0.2) is 30.1 Å². The zero-order valence-corrected chi connectivity index (χ0v) is 12.1. The predicted octanol–water partition coefficient (Wildman–Crippen LogP) is 3.40. The third-order valence-corrected chi connectivity index (χ3v) is 3.84. The van der Waals surface area contributed by atoms with Crippen LogP contribution in [0.4, 0.5) is 0 Å². The van der Waals surface area contributed by atoms with E-state index in [0.717, 1.165) is 18.5 Å². The van der Waals surface area contributed by atoms with Gasteiger partial charge in [0.25, 0.3) is 0 Å². The largest absolute Gasteiger partial charge is 0.327 e. The Labute approximate surface area is 108 Å². The van der Waals surface area contributed by atoms with Crippen LogP contribution < -0.4 is 5.73 Å². The van der Waals surface area contributed by atoms with Crippen LogP contribution in [0.2, 0.25) is 0 Å². The van der Waals surface area contributed by atoms with Gasteiger partial charge in [-0.1, -0.05) is 46.5 Å². The number of nitrogens with zero attached hydrogens (tertiary/aromatic N) is 1. The minimum Gasteiger partial charge on any atom is -0.327 e. The zero-order chi connectivity index (χ0) is 12.7. The van der Waals surface area contributed by atoms with Gasteiger partial charge in [-0.25, -0.2) is 0 Å². The van der Waals surface area contributed by atoms with Crippen molar-refractivity contribution >= 4 is 0 Å². The minimum atomic E-state index is 0.384. The van der Waals surface area contributed by atoms with Crippen molar-refractivity contribution in [1.82, 2.24) is 4.90 Å². The normalized spacial score (nSPS) is 19.4. The molecule has 1 rings (SSSR count). The molecule has 1 aliphatic carbocycles. The van der Waals surface area contributed by atoms with E-state index in [4.69, 9.17) is 5.73 Å². The van der Waals surface area contributed by atoms with Crippen LogP contribution in [0.1, 0.15) is 65.7 Å². The van der Waals surface area contributed by atoms with Gasteiger partial charge in [0, 0.05) is 25.2 Å². The van der Waals surface area contributed by atoms with Crippen LogP contribution in [0.3, 0.4) is 0 Å².